The zero-order valence-corrected chi connectivity index (χ0v) is 17.6. The first-order valence-corrected chi connectivity index (χ1v) is 9.79. The Hall–Kier alpha value is -3.81. The Morgan fingerprint density at radius 3 is 2.26 bits per heavy atom. The second-order valence-electron chi connectivity index (χ2n) is 6.64. The SMILES string of the molecule is CCn1cc(C(=O)NCCOC(=O)c2ccccc2)c2cc(OC)c(OC)cc2c1=O. The molecule has 0 atom stereocenters. The molecule has 0 unspecified atom stereocenters. The maximum absolute atomic E-state index is 12.9. The Labute approximate surface area is 179 Å². The van der Waals surface area contributed by atoms with Gasteiger partial charge in [-0.05, 0) is 31.2 Å². The van der Waals surface area contributed by atoms with Crippen LogP contribution in [0.25, 0.3) is 10.8 Å². The molecular weight excluding hydrogens is 400 g/mol. The number of methoxy groups -OCH3 is 2. The first-order valence-electron chi connectivity index (χ1n) is 9.79. The number of nitrogens with zero attached hydrogens (tertiary/aromatic N) is 1. The number of aryl methyl sites for hydroxylation is 1. The maximum atomic E-state index is 12.9. The van der Waals surface area contributed by atoms with Gasteiger partial charge >= 0.3 is 5.97 Å². The normalized spacial score (nSPS) is 10.5. The Balaban J connectivity index is 1.80. The third kappa shape index (κ3) is 4.69. The Morgan fingerprint density at radius 2 is 1.65 bits per heavy atom. The van der Waals surface area contributed by atoms with Gasteiger partial charge in [0.1, 0.15) is 6.61 Å². The van der Waals surface area contributed by atoms with Crippen molar-refractivity contribution >= 4 is 22.6 Å². The summed E-state index contributed by atoms with van der Waals surface area (Å²) in [5.41, 5.74) is 0.523. The van der Waals surface area contributed by atoms with Crippen LogP contribution in [0.1, 0.15) is 27.6 Å². The standard InChI is InChI=1S/C23H24N2O6/c1-4-25-14-18(16-12-19(29-2)20(30-3)13-17(16)22(25)27)21(26)24-10-11-31-23(28)15-8-6-5-7-9-15/h5-9,12-14H,4,10-11H2,1-3H3,(H,24,26). The van der Waals surface area contributed by atoms with Gasteiger partial charge in [-0.25, -0.2) is 4.79 Å². The van der Waals surface area contributed by atoms with E-state index in [0.717, 1.165) is 0 Å². The molecule has 0 bridgehead atoms. The van der Waals surface area contributed by atoms with Crippen molar-refractivity contribution in [1.29, 1.82) is 0 Å². The molecule has 1 aromatic heterocycles. The molecule has 1 amide bonds. The highest BCUT2D eigenvalue weighted by Gasteiger charge is 2.18. The van der Waals surface area contributed by atoms with Crippen LogP contribution in [0.3, 0.4) is 0 Å². The van der Waals surface area contributed by atoms with Crippen LogP contribution in [-0.4, -0.2) is 43.8 Å². The fourth-order valence-corrected chi connectivity index (χ4v) is 3.19. The van der Waals surface area contributed by atoms with Gasteiger partial charge in [-0.1, -0.05) is 18.2 Å². The third-order valence-electron chi connectivity index (χ3n) is 4.81. The van der Waals surface area contributed by atoms with Crippen LogP contribution in [0, 0.1) is 0 Å². The van der Waals surface area contributed by atoms with Crippen LogP contribution in [0.2, 0.25) is 0 Å². The van der Waals surface area contributed by atoms with E-state index in [0.29, 0.717) is 39.9 Å². The van der Waals surface area contributed by atoms with E-state index in [1.54, 1.807) is 36.4 Å². The van der Waals surface area contributed by atoms with Crippen LogP contribution >= 0.6 is 0 Å². The molecule has 0 radical (unpaired) electrons. The lowest BCUT2D eigenvalue weighted by Gasteiger charge is -2.14. The molecule has 0 fully saturated rings. The average Bonchev–Trinajstić information content (AvgIpc) is 2.81. The van der Waals surface area contributed by atoms with Crippen LogP contribution in [0.4, 0.5) is 0 Å². The van der Waals surface area contributed by atoms with Crippen LogP contribution in [0.5, 0.6) is 11.5 Å². The lowest BCUT2D eigenvalue weighted by molar-refractivity contribution is 0.0503. The van der Waals surface area contributed by atoms with Gasteiger partial charge in [0, 0.05) is 18.1 Å². The zero-order valence-electron chi connectivity index (χ0n) is 17.6. The van der Waals surface area contributed by atoms with E-state index in [1.807, 2.05) is 13.0 Å². The van der Waals surface area contributed by atoms with E-state index in [2.05, 4.69) is 5.32 Å². The van der Waals surface area contributed by atoms with Gasteiger partial charge in [0.05, 0.1) is 37.3 Å². The molecule has 0 saturated heterocycles. The summed E-state index contributed by atoms with van der Waals surface area (Å²) >= 11 is 0. The minimum atomic E-state index is -0.461. The van der Waals surface area contributed by atoms with Crippen LogP contribution in [-0.2, 0) is 11.3 Å². The molecular formula is C23H24N2O6. The molecule has 3 aromatic rings. The van der Waals surface area contributed by atoms with E-state index < -0.39 is 11.9 Å². The minimum Gasteiger partial charge on any atom is -0.493 e. The minimum absolute atomic E-state index is 0.0158. The highest BCUT2D eigenvalue weighted by atomic mass is 16.5. The predicted molar refractivity (Wildman–Crippen MR) is 116 cm³/mol. The quantitative estimate of drug-likeness (QED) is 0.441. The molecule has 2 aromatic carbocycles. The van der Waals surface area contributed by atoms with Crippen molar-refractivity contribution in [3.8, 4) is 11.5 Å². The molecule has 31 heavy (non-hydrogen) atoms. The smallest absolute Gasteiger partial charge is 0.338 e. The molecule has 0 spiro atoms. The van der Waals surface area contributed by atoms with E-state index in [1.165, 1.54) is 25.0 Å². The molecule has 0 aliphatic rings. The Bertz CT molecular complexity index is 1150. The highest BCUT2D eigenvalue weighted by Crippen LogP contribution is 2.32. The summed E-state index contributed by atoms with van der Waals surface area (Å²) in [5.74, 6) is -0.0403. The fourth-order valence-electron chi connectivity index (χ4n) is 3.19. The van der Waals surface area contributed by atoms with Crippen molar-refractivity contribution in [2.75, 3.05) is 27.4 Å². The monoisotopic (exact) mass is 424 g/mol. The number of fused-ring (bicyclic) bond motifs is 1. The average molecular weight is 424 g/mol. The summed E-state index contributed by atoms with van der Waals surface area (Å²) in [6.45, 7) is 2.36. The maximum Gasteiger partial charge on any atom is 0.338 e. The summed E-state index contributed by atoms with van der Waals surface area (Å²) in [7, 11) is 2.97. The number of ether oxygens (including phenoxy) is 3. The number of nitrogens with one attached hydrogen (secondary N) is 1. The lowest BCUT2D eigenvalue weighted by atomic mass is 10.1. The molecule has 3 rings (SSSR count). The van der Waals surface area contributed by atoms with E-state index in [9.17, 15) is 14.4 Å². The van der Waals surface area contributed by atoms with Crippen LogP contribution in [0.15, 0.2) is 53.5 Å². The number of pyridine rings is 1. The summed E-state index contributed by atoms with van der Waals surface area (Å²) in [4.78, 5) is 37.6. The Morgan fingerprint density at radius 1 is 1.00 bits per heavy atom. The van der Waals surface area contributed by atoms with Gasteiger partial charge in [0.25, 0.3) is 11.5 Å². The molecule has 8 nitrogen and oxygen atoms in total. The summed E-state index contributed by atoms with van der Waals surface area (Å²) < 4.78 is 17.3. The van der Waals surface area contributed by atoms with Gasteiger partial charge in [0.15, 0.2) is 11.5 Å². The van der Waals surface area contributed by atoms with Crippen molar-refractivity contribution in [2.45, 2.75) is 13.5 Å². The number of hydrogen-bond acceptors (Lipinski definition) is 6. The second-order valence-corrected chi connectivity index (χ2v) is 6.64. The first-order chi connectivity index (χ1) is 15.0. The number of benzene rings is 2. The Kier molecular flexibility index (Phi) is 6.92. The number of rotatable bonds is 8. The van der Waals surface area contributed by atoms with Gasteiger partial charge in [-0.3, -0.25) is 9.59 Å². The number of carbonyl (C=O) groups is 2. The third-order valence-corrected chi connectivity index (χ3v) is 4.81. The molecule has 162 valence electrons. The lowest BCUT2D eigenvalue weighted by Crippen LogP contribution is -2.30. The van der Waals surface area contributed by atoms with Crippen LogP contribution < -0.4 is 20.3 Å². The van der Waals surface area contributed by atoms with Crippen molar-refractivity contribution in [2.24, 2.45) is 0 Å². The van der Waals surface area contributed by atoms with E-state index >= 15 is 0 Å². The van der Waals surface area contributed by atoms with Crippen molar-refractivity contribution in [3.05, 3.63) is 70.1 Å². The number of hydrogen-bond donors (Lipinski definition) is 1. The molecule has 0 aliphatic heterocycles. The van der Waals surface area contributed by atoms with Gasteiger partial charge in [-0.2, -0.15) is 0 Å². The summed E-state index contributed by atoms with van der Waals surface area (Å²) in [5, 5.41) is 3.53. The van der Waals surface area contributed by atoms with Gasteiger partial charge in [0.2, 0.25) is 0 Å². The van der Waals surface area contributed by atoms with E-state index in [4.69, 9.17) is 14.2 Å². The predicted octanol–water partition coefficient (Wildman–Crippen LogP) is 2.63. The summed E-state index contributed by atoms with van der Waals surface area (Å²) in [6, 6.07) is 11.8. The van der Waals surface area contributed by atoms with Gasteiger partial charge < -0.3 is 24.1 Å². The molecule has 1 N–H and O–H groups in total. The van der Waals surface area contributed by atoms with Crippen molar-refractivity contribution in [1.82, 2.24) is 9.88 Å². The topological polar surface area (TPSA) is 95.9 Å². The first kappa shape index (κ1) is 21.9. The van der Waals surface area contributed by atoms with Crippen molar-refractivity contribution < 1.29 is 23.8 Å². The molecule has 1 heterocycles. The number of amides is 1. The fraction of sp³-hybridized carbons (Fsp3) is 0.261. The number of carbonyl (C=O) groups excluding carboxylic acids is 2. The number of esters is 1. The largest absolute Gasteiger partial charge is 0.493 e. The number of aromatic nitrogens is 1. The molecule has 0 saturated carbocycles. The molecule has 8 heteroatoms. The summed E-state index contributed by atoms with van der Waals surface area (Å²) in [6.07, 6.45) is 1.52. The molecule has 0 aliphatic carbocycles. The van der Waals surface area contributed by atoms with Gasteiger partial charge in [-0.15, -0.1) is 0 Å². The highest BCUT2D eigenvalue weighted by molar-refractivity contribution is 6.07. The zero-order chi connectivity index (χ0) is 22.4. The second kappa shape index (κ2) is 9.80. The van der Waals surface area contributed by atoms with E-state index in [-0.39, 0.29) is 18.7 Å². The van der Waals surface area contributed by atoms with Crippen molar-refractivity contribution in [3.63, 3.8) is 0 Å².